The monoisotopic (exact) mass is 342 g/mol. The Bertz CT molecular complexity index is 736. The summed E-state index contributed by atoms with van der Waals surface area (Å²) in [7, 11) is 0. The lowest BCUT2D eigenvalue weighted by atomic mass is 10.1. The molecule has 0 bridgehead atoms. The minimum absolute atomic E-state index is 0.0905. The van der Waals surface area contributed by atoms with E-state index in [-0.39, 0.29) is 16.8 Å². The predicted molar refractivity (Wildman–Crippen MR) is 79.0 cm³/mol. The second-order valence-electron chi connectivity index (χ2n) is 4.28. The van der Waals surface area contributed by atoms with E-state index in [0.29, 0.717) is 5.56 Å². The van der Waals surface area contributed by atoms with Crippen LogP contribution in [-0.4, -0.2) is 9.55 Å². The van der Waals surface area contributed by atoms with Crippen molar-refractivity contribution < 1.29 is 0 Å². The lowest BCUT2D eigenvalue weighted by Gasteiger charge is -2.15. The van der Waals surface area contributed by atoms with Gasteiger partial charge in [-0.25, -0.2) is 4.79 Å². The summed E-state index contributed by atoms with van der Waals surface area (Å²) in [6.07, 6.45) is 0. The fraction of sp³-hybridized carbons (Fsp3) is 0.231. The van der Waals surface area contributed by atoms with Gasteiger partial charge in [-0.15, -0.1) is 0 Å². The van der Waals surface area contributed by atoms with Crippen LogP contribution in [0.25, 0.3) is 0 Å². The molecule has 1 aromatic heterocycles. The fourth-order valence-electron chi connectivity index (χ4n) is 1.88. The van der Waals surface area contributed by atoms with E-state index in [4.69, 9.17) is 11.6 Å². The van der Waals surface area contributed by atoms with E-state index in [2.05, 4.69) is 20.9 Å². The van der Waals surface area contributed by atoms with Gasteiger partial charge in [0.1, 0.15) is 5.15 Å². The molecule has 0 aliphatic heterocycles. The summed E-state index contributed by atoms with van der Waals surface area (Å²) in [6, 6.07) is 7.12. The van der Waals surface area contributed by atoms with Gasteiger partial charge in [-0.2, -0.15) is 0 Å². The molecule has 0 aliphatic carbocycles. The first-order chi connectivity index (χ1) is 8.91. The van der Waals surface area contributed by atoms with Crippen LogP contribution in [0.1, 0.15) is 24.1 Å². The molecule has 0 saturated heterocycles. The van der Waals surface area contributed by atoms with Crippen LogP contribution < -0.4 is 11.2 Å². The van der Waals surface area contributed by atoms with Crippen molar-refractivity contribution in [2.45, 2.75) is 19.9 Å². The first kappa shape index (κ1) is 14.1. The number of halogens is 2. The van der Waals surface area contributed by atoms with Gasteiger partial charge in [0.15, 0.2) is 0 Å². The van der Waals surface area contributed by atoms with Crippen molar-refractivity contribution in [2.75, 3.05) is 0 Å². The number of nitrogens with zero attached hydrogens (tertiary/aromatic N) is 1. The average Bonchev–Trinajstić information content (AvgIpc) is 2.36. The van der Waals surface area contributed by atoms with Crippen LogP contribution in [-0.2, 0) is 0 Å². The minimum Gasteiger partial charge on any atom is -0.297 e. The molecule has 1 unspecified atom stereocenters. The molecule has 0 radical (unpaired) electrons. The van der Waals surface area contributed by atoms with Crippen molar-refractivity contribution in [1.29, 1.82) is 0 Å². The highest BCUT2D eigenvalue weighted by molar-refractivity contribution is 9.10. The number of H-pyrrole nitrogens is 1. The molecule has 100 valence electrons. The van der Waals surface area contributed by atoms with Crippen LogP contribution in [0.3, 0.4) is 0 Å². The molecule has 0 fully saturated rings. The van der Waals surface area contributed by atoms with Crippen molar-refractivity contribution in [1.82, 2.24) is 9.55 Å². The molecule has 4 nitrogen and oxygen atoms in total. The highest BCUT2D eigenvalue weighted by atomic mass is 79.9. The Morgan fingerprint density at radius 3 is 2.68 bits per heavy atom. The number of hydrogen-bond acceptors (Lipinski definition) is 2. The van der Waals surface area contributed by atoms with Gasteiger partial charge in [0.05, 0.1) is 6.04 Å². The molecule has 2 rings (SSSR count). The Hall–Kier alpha value is -1.33. The summed E-state index contributed by atoms with van der Waals surface area (Å²) in [4.78, 5) is 26.6. The number of hydrogen-bond donors (Lipinski definition) is 1. The van der Waals surface area contributed by atoms with Crippen molar-refractivity contribution in [3.8, 4) is 0 Å². The quantitative estimate of drug-likeness (QED) is 0.853. The van der Waals surface area contributed by atoms with E-state index in [9.17, 15) is 9.59 Å². The SMILES string of the molecule is Cc1c(Cl)[nH]c(=O)n(C(C)c2cccc(Br)c2)c1=O. The summed E-state index contributed by atoms with van der Waals surface area (Å²) in [5.74, 6) is 0. The van der Waals surface area contributed by atoms with E-state index in [1.807, 2.05) is 24.3 Å². The Morgan fingerprint density at radius 1 is 1.37 bits per heavy atom. The maximum Gasteiger partial charge on any atom is 0.330 e. The van der Waals surface area contributed by atoms with Crippen LogP contribution in [0, 0.1) is 6.92 Å². The van der Waals surface area contributed by atoms with Crippen LogP contribution in [0.15, 0.2) is 38.3 Å². The number of benzene rings is 1. The summed E-state index contributed by atoms with van der Waals surface area (Å²) in [6.45, 7) is 3.39. The maximum absolute atomic E-state index is 12.2. The van der Waals surface area contributed by atoms with E-state index < -0.39 is 5.69 Å². The zero-order valence-corrected chi connectivity index (χ0v) is 12.7. The van der Waals surface area contributed by atoms with Gasteiger partial charge in [-0.05, 0) is 31.5 Å². The van der Waals surface area contributed by atoms with Gasteiger partial charge in [-0.3, -0.25) is 14.3 Å². The minimum atomic E-state index is -0.506. The Labute approximate surface area is 123 Å². The molecule has 19 heavy (non-hydrogen) atoms. The van der Waals surface area contributed by atoms with Crippen LogP contribution in [0.5, 0.6) is 0 Å². The molecule has 1 N–H and O–H groups in total. The fourth-order valence-corrected chi connectivity index (χ4v) is 2.46. The van der Waals surface area contributed by atoms with Gasteiger partial charge >= 0.3 is 5.69 Å². The van der Waals surface area contributed by atoms with Crippen LogP contribution in [0.4, 0.5) is 0 Å². The summed E-state index contributed by atoms with van der Waals surface area (Å²) in [5.41, 5.74) is 0.320. The summed E-state index contributed by atoms with van der Waals surface area (Å²) >= 11 is 9.16. The molecule has 1 heterocycles. The van der Waals surface area contributed by atoms with Crippen LogP contribution in [0.2, 0.25) is 5.15 Å². The first-order valence-electron chi connectivity index (χ1n) is 5.68. The maximum atomic E-state index is 12.2. The molecule has 1 atom stereocenters. The van der Waals surface area contributed by atoms with Crippen LogP contribution >= 0.6 is 27.5 Å². The third kappa shape index (κ3) is 2.67. The lowest BCUT2D eigenvalue weighted by Crippen LogP contribution is -2.38. The summed E-state index contributed by atoms with van der Waals surface area (Å²) < 4.78 is 2.07. The number of aromatic nitrogens is 2. The topological polar surface area (TPSA) is 54.9 Å². The zero-order valence-electron chi connectivity index (χ0n) is 10.4. The zero-order chi connectivity index (χ0) is 14.2. The highest BCUT2D eigenvalue weighted by Gasteiger charge is 2.16. The van der Waals surface area contributed by atoms with Gasteiger partial charge in [0.25, 0.3) is 5.56 Å². The average molecular weight is 344 g/mol. The molecular formula is C13H12BrClN2O2. The Balaban J connectivity index is 2.63. The van der Waals surface area contributed by atoms with Gasteiger partial charge < -0.3 is 0 Å². The largest absolute Gasteiger partial charge is 0.330 e. The second kappa shape index (κ2) is 5.35. The van der Waals surface area contributed by atoms with Gasteiger partial charge in [0.2, 0.25) is 0 Å². The standard InChI is InChI=1S/C13H12BrClN2O2/c1-7-11(15)16-13(19)17(12(7)18)8(2)9-4-3-5-10(14)6-9/h3-6,8H,1-2H3,(H,16,19). The summed E-state index contributed by atoms with van der Waals surface area (Å²) in [5, 5.41) is 0.0905. The molecule has 1 aromatic carbocycles. The third-order valence-corrected chi connectivity index (χ3v) is 3.89. The van der Waals surface area contributed by atoms with Crippen molar-refractivity contribution in [3.63, 3.8) is 0 Å². The molecular weight excluding hydrogens is 332 g/mol. The molecule has 0 amide bonds. The number of aromatic amines is 1. The van der Waals surface area contributed by atoms with E-state index in [1.54, 1.807) is 13.8 Å². The first-order valence-corrected chi connectivity index (χ1v) is 6.85. The Morgan fingerprint density at radius 2 is 2.05 bits per heavy atom. The normalized spacial score (nSPS) is 12.4. The molecule has 0 aliphatic rings. The second-order valence-corrected chi connectivity index (χ2v) is 5.57. The predicted octanol–water partition coefficient (Wildman–Crippen LogP) is 2.87. The van der Waals surface area contributed by atoms with E-state index in [0.717, 1.165) is 10.0 Å². The van der Waals surface area contributed by atoms with Gasteiger partial charge in [0, 0.05) is 10.0 Å². The molecule has 2 aromatic rings. The van der Waals surface area contributed by atoms with E-state index in [1.165, 1.54) is 4.57 Å². The van der Waals surface area contributed by atoms with Crippen molar-refractivity contribution in [3.05, 3.63) is 65.9 Å². The molecule has 6 heteroatoms. The molecule has 0 spiro atoms. The van der Waals surface area contributed by atoms with Crippen molar-refractivity contribution in [2.24, 2.45) is 0 Å². The number of rotatable bonds is 2. The number of nitrogens with one attached hydrogen (secondary N) is 1. The highest BCUT2D eigenvalue weighted by Crippen LogP contribution is 2.19. The van der Waals surface area contributed by atoms with E-state index >= 15 is 0 Å². The van der Waals surface area contributed by atoms with Crippen molar-refractivity contribution >= 4 is 27.5 Å². The smallest absolute Gasteiger partial charge is 0.297 e. The van der Waals surface area contributed by atoms with Gasteiger partial charge in [-0.1, -0.05) is 39.7 Å². The third-order valence-electron chi connectivity index (χ3n) is 3.02. The Kier molecular flexibility index (Phi) is 3.96. The lowest BCUT2D eigenvalue weighted by molar-refractivity contribution is 0.574. The molecule has 0 saturated carbocycles.